The van der Waals surface area contributed by atoms with Crippen LogP contribution in [0.4, 0.5) is 0 Å². The molecule has 23 heavy (non-hydrogen) atoms. The fourth-order valence-electron chi connectivity index (χ4n) is 3.64. The van der Waals surface area contributed by atoms with Crippen LogP contribution in [0.5, 0.6) is 0 Å². The van der Waals surface area contributed by atoms with E-state index in [1.54, 1.807) is 6.20 Å². The number of rotatable bonds is 3. The Morgan fingerprint density at radius 2 is 2.09 bits per heavy atom. The number of hydrogen-bond acceptors (Lipinski definition) is 5. The van der Waals surface area contributed by atoms with Gasteiger partial charge in [0.2, 0.25) is 0 Å². The lowest BCUT2D eigenvalue weighted by Gasteiger charge is -2.34. The molecule has 2 aliphatic heterocycles. The highest BCUT2D eigenvalue weighted by Crippen LogP contribution is 2.24. The van der Waals surface area contributed by atoms with Gasteiger partial charge in [0.1, 0.15) is 5.82 Å². The van der Waals surface area contributed by atoms with Crippen LogP contribution < -0.4 is 0 Å². The van der Waals surface area contributed by atoms with Crippen LogP contribution in [0.3, 0.4) is 0 Å². The fourth-order valence-corrected chi connectivity index (χ4v) is 3.64. The quantitative estimate of drug-likeness (QED) is 0.836. The maximum absolute atomic E-state index is 12.9. The Hall–Kier alpha value is -1.53. The van der Waals surface area contributed by atoms with Gasteiger partial charge in [-0.15, -0.1) is 0 Å². The van der Waals surface area contributed by atoms with E-state index in [1.165, 1.54) is 0 Å². The summed E-state index contributed by atoms with van der Waals surface area (Å²) in [5.74, 6) is 1.28. The maximum atomic E-state index is 12.9. The van der Waals surface area contributed by atoms with Crippen LogP contribution in [0, 0.1) is 12.8 Å². The lowest BCUT2D eigenvalue weighted by molar-refractivity contribution is 0.0119. The van der Waals surface area contributed by atoms with Crippen LogP contribution in [-0.4, -0.2) is 71.1 Å². The molecule has 6 nitrogen and oxygen atoms in total. The first-order valence-electron chi connectivity index (χ1n) is 8.53. The standard InChI is InChI=1S/C17H26N4O2/c1-4-15-14(9-18-13(3)19-15)17(22)21-10-12(2)16(11-21)20-5-7-23-8-6-20/h9,12,16H,4-8,10-11H2,1-3H3/t12-,16-/m1/s1. The molecule has 0 bridgehead atoms. The van der Waals surface area contributed by atoms with E-state index in [2.05, 4.69) is 21.8 Å². The van der Waals surface area contributed by atoms with Gasteiger partial charge in [-0.05, 0) is 19.3 Å². The zero-order valence-corrected chi connectivity index (χ0v) is 14.3. The van der Waals surface area contributed by atoms with Crippen molar-refractivity contribution in [3.05, 3.63) is 23.3 Å². The molecule has 2 fully saturated rings. The molecule has 6 heteroatoms. The van der Waals surface area contributed by atoms with Crippen molar-refractivity contribution in [3.8, 4) is 0 Å². The summed E-state index contributed by atoms with van der Waals surface area (Å²) in [6.45, 7) is 11.2. The third-order valence-corrected chi connectivity index (χ3v) is 4.93. The third kappa shape index (κ3) is 3.38. The SMILES string of the molecule is CCc1nc(C)ncc1C(=O)N1C[C@@H](C)[C@H](N2CCOCC2)C1. The summed E-state index contributed by atoms with van der Waals surface area (Å²) in [7, 11) is 0. The average Bonchev–Trinajstić information content (AvgIpc) is 2.96. The molecule has 0 aromatic carbocycles. The van der Waals surface area contributed by atoms with E-state index in [0.29, 0.717) is 17.5 Å². The van der Waals surface area contributed by atoms with E-state index < -0.39 is 0 Å². The predicted octanol–water partition coefficient (Wildman–Crippen LogP) is 1.14. The molecular formula is C17H26N4O2. The summed E-state index contributed by atoms with van der Waals surface area (Å²) in [5.41, 5.74) is 1.51. The summed E-state index contributed by atoms with van der Waals surface area (Å²) < 4.78 is 5.44. The summed E-state index contributed by atoms with van der Waals surface area (Å²) in [4.78, 5) is 26.0. The van der Waals surface area contributed by atoms with Crippen molar-refractivity contribution in [2.45, 2.75) is 33.2 Å². The van der Waals surface area contributed by atoms with E-state index in [4.69, 9.17) is 4.74 Å². The predicted molar refractivity (Wildman–Crippen MR) is 87.4 cm³/mol. The molecule has 1 aromatic heterocycles. The molecule has 1 aromatic rings. The van der Waals surface area contributed by atoms with Gasteiger partial charge in [-0.1, -0.05) is 13.8 Å². The van der Waals surface area contributed by atoms with Gasteiger partial charge in [-0.2, -0.15) is 0 Å². The molecule has 0 N–H and O–H groups in total. The number of carbonyl (C=O) groups is 1. The lowest BCUT2D eigenvalue weighted by Crippen LogP contribution is -2.47. The Bertz CT molecular complexity index is 572. The van der Waals surface area contributed by atoms with Crippen molar-refractivity contribution in [1.29, 1.82) is 0 Å². The van der Waals surface area contributed by atoms with Gasteiger partial charge in [0.15, 0.2) is 0 Å². The lowest BCUT2D eigenvalue weighted by atomic mass is 10.0. The molecule has 2 atom stereocenters. The van der Waals surface area contributed by atoms with Crippen LogP contribution in [0.25, 0.3) is 0 Å². The fraction of sp³-hybridized carbons (Fsp3) is 0.706. The third-order valence-electron chi connectivity index (χ3n) is 4.93. The molecule has 3 rings (SSSR count). The topological polar surface area (TPSA) is 58.6 Å². The van der Waals surface area contributed by atoms with Gasteiger partial charge < -0.3 is 9.64 Å². The van der Waals surface area contributed by atoms with Crippen LogP contribution >= 0.6 is 0 Å². The highest BCUT2D eigenvalue weighted by Gasteiger charge is 2.37. The molecule has 1 amide bonds. The molecule has 126 valence electrons. The molecule has 0 spiro atoms. The number of ether oxygens (including phenoxy) is 1. The molecule has 2 aliphatic rings. The van der Waals surface area contributed by atoms with Gasteiger partial charge in [0, 0.05) is 38.4 Å². The van der Waals surface area contributed by atoms with Gasteiger partial charge >= 0.3 is 0 Å². The van der Waals surface area contributed by atoms with Gasteiger partial charge in [0.25, 0.3) is 5.91 Å². The molecule has 0 saturated carbocycles. The van der Waals surface area contributed by atoms with Crippen molar-refractivity contribution in [1.82, 2.24) is 19.8 Å². The van der Waals surface area contributed by atoms with Gasteiger partial charge in [-0.25, -0.2) is 9.97 Å². The number of likely N-dealkylation sites (tertiary alicyclic amines) is 1. The highest BCUT2D eigenvalue weighted by molar-refractivity contribution is 5.95. The van der Waals surface area contributed by atoms with Crippen molar-refractivity contribution in [3.63, 3.8) is 0 Å². The van der Waals surface area contributed by atoms with E-state index in [-0.39, 0.29) is 5.91 Å². The second-order valence-corrected chi connectivity index (χ2v) is 6.53. The molecule has 0 aliphatic carbocycles. The normalized spacial score (nSPS) is 25.8. The Balaban J connectivity index is 1.73. The summed E-state index contributed by atoms with van der Waals surface area (Å²) >= 11 is 0. The van der Waals surface area contributed by atoms with Gasteiger partial charge in [-0.3, -0.25) is 9.69 Å². The number of amides is 1. The minimum atomic E-state index is 0.0736. The van der Waals surface area contributed by atoms with Crippen LogP contribution in [0.1, 0.15) is 35.7 Å². The van der Waals surface area contributed by atoms with E-state index in [9.17, 15) is 4.79 Å². The minimum Gasteiger partial charge on any atom is -0.379 e. The number of nitrogens with zero attached hydrogens (tertiary/aromatic N) is 4. The number of hydrogen-bond donors (Lipinski definition) is 0. The molecule has 2 saturated heterocycles. The van der Waals surface area contributed by atoms with Crippen molar-refractivity contribution < 1.29 is 9.53 Å². The largest absolute Gasteiger partial charge is 0.379 e. The number of aryl methyl sites for hydroxylation is 2. The highest BCUT2D eigenvalue weighted by atomic mass is 16.5. The van der Waals surface area contributed by atoms with Crippen LogP contribution in [0.15, 0.2) is 6.20 Å². The maximum Gasteiger partial charge on any atom is 0.257 e. The first kappa shape index (κ1) is 16.3. The van der Waals surface area contributed by atoms with Crippen molar-refractivity contribution in [2.24, 2.45) is 5.92 Å². The van der Waals surface area contributed by atoms with Gasteiger partial charge in [0.05, 0.1) is 24.5 Å². The second kappa shape index (κ2) is 6.93. The van der Waals surface area contributed by atoms with Crippen LogP contribution in [-0.2, 0) is 11.2 Å². The number of carbonyl (C=O) groups excluding carboxylic acids is 1. The smallest absolute Gasteiger partial charge is 0.257 e. The van der Waals surface area contributed by atoms with Crippen molar-refractivity contribution >= 4 is 5.91 Å². The zero-order chi connectivity index (χ0) is 16.4. The Kier molecular flexibility index (Phi) is 4.92. The molecule has 0 unspecified atom stereocenters. The first-order valence-corrected chi connectivity index (χ1v) is 8.53. The molecule has 0 radical (unpaired) electrons. The molecule has 3 heterocycles. The van der Waals surface area contributed by atoms with Crippen molar-refractivity contribution in [2.75, 3.05) is 39.4 Å². The average molecular weight is 318 g/mol. The van der Waals surface area contributed by atoms with E-state index >= 15 is 0 Å². The number of morpholine rings is 1. The summed E-state index contributed by atoms with van der Waals surface area (Å²) in [6.07, 6.45) is 2.44. The summed E-state index contributed by atoms with van der Waals surface area (Å²) in [6, 6.07) is 0.430. The number of aromatic nitrogens is 2. The Morgan fingerprint density at radius 3 is 2.78 bits per heavy atom. The minimum absolute atomic E-state index is 0.0736. The zero-order valence-electron chi connectivity index (χ0n) is 14.3. The van der Waals surface area contributed by atoms with Crippen LogP contribution in [0.2, 0.25) is 0 Å². The second-order valence-electron chi connectivity index (χ2n) is 6.53. The molecular weight excluding hydrogens is 292 g/mol. The Morgan fingerprint density at radius 1 is 1.35 bits per heavy atom. The first-order chi connectivity index (χ1) is 11.1. The van der Waals surface area contributed by atoms with E-state index in [0.717, 1.165) is 57.3 Å². The summed E-state index contributed by atoms with van der Waals surface area (Å²) in [5, 5.41) is 0. The Labute approximate surface area is 137 Å². The monoisotopic (exact) mass is 318 g/mol. The van der Waals surface area contributed by atoms with E-state index in [1.807, 2.05) is 18.7 Å².